The Labute approximate surface area is 160 Å². The number of anilines is 1. The summed E-state index contributed by atoms with van der Waals surface area (Å²) in [6.07, 6.45) is 4.73. The quantitative estimate of drug-likeness (QED) is 0.798. The van der Waals surface area contributed by atoms with Crippen molar-refractivity contribution in [1.29, 1.82) is 0 Å². The van der Waals surface area contributed by atoms with Gasteiger partial charge in [0.2, 0.25) is 5.82 Å². The Morgan fingerprint density at radius 3 is 2.78 bits per heavy atom. The van der Waals surface area contributed by atoms with Crippen molar-refractivity contribution in [2.24, 2.45) is 0 Å². The molecule has 146 valence electrons. The molecule has 1 aliphatic carbocycles. The number of carbonyl (C=O) groups is 1. The fourth-order valence-electron chi connectivity index (χ4n) is 3.78. The van der Waals surface area contributed by atoms with E-state index >= 15 is 0 Å². The van der Waals surface area contributed by atoms with Gasteiger partial charge in [0, 0.05) is 23.6 Å². The van der Waals surface area contributed by atoms with Crippen molar-refractivity contribution >= 4 is 33.5 Å². The van der Waals surface area contributed by atoms with Crippen LogP contribution in [-0.2, 0) is 14.3 Å². The summed E-state index contributed by atoms with van der Waals surface area (Å²) < 4.78 is 30.8. The predicted octanol–water partition coefficient (Wildman–Crippen LogP) is 4.33. The average molecular weight is 395 g/mol. The fourth-order valence-corrected chi connectivity index (χ4v) is 4.86. The molecule has 0 amide bonds. The molecule has 1 saturated carbocycles. The Morgan fingerprint density at radius 1 is 1.30 bits per heavy atom. The van der Waals surface area contributed by atoms with Gasteiger partial charge in [0.25, 0.3) is 0 Å². The van der Waals surface area contributed by atoms with Crippen LogP contribution in [0.5, 0.6) is 5.75 Å². The van der Waals surface area contributed by atoms with Crippen molar-refractivity contribution in [3.63, 3.8) is 0 Å². The molecule has 1 saturated heterocycles. The van der Waals surface area contributed by atoms with Crippen LogP contribution in [0.15, 0.2) is 16.7 Å². The maximum atomic E-state index is 14.6. The number of phenols is 1. The van der Waals surface area contributed by atoms with E-state index in [0.717, 1.165) is 25.7 Å². The summed E-state index contributed by atoms with van der Waals surface area (Å²) in [4.78, 5) is 11.6. The van der Waals surface area contributed by atoms with E-state index < -0.39 is 17.9 Å². The fraction of sp³-hybridized carbons (Fsp3) is 0.526. The molecule has 2 fully saturated rings. The van der Waals surface area contributed by atoms with Gasteiger partial charge in [0.05, 0.1) is 24.5 Å². The molecule has 0 radical (unpaired) electrons. The Kier molecular flexibility index (Phi) is 5.29. The first-order chi connectivity index (χ1) is 13.0. The highest BCUT2D eigenvalue weighted by atomic mass is 32.2. The minimum Gasteiger partial charge on any atom is -0.504 e. The number of nitrogens with one attached hydrogen (secondary N) is 1. The summed E-state index contributed by atoms with van der Waals surface area (Å²) in [5.41, 5.74) is 0.882. The first kappa shape index (κ1) is 18.6. The smallest absolute Gasteiger partial charge is 0.208 e. The Bertz CT molecular complexity index is 848. The number of thioether (sulfide) groups is 1. The van der Waals surface area contributed by atoms with Gasteiger partial charge in [-0.25, -0.2) is 0 Å². The summed E-state index contributed by atoms with van der Waals surface area (Å²) in [6.45, 7) is 2.37. The molecule has 6 nitrogen and oxygen atoms in total. The summed E-state index contributed by atoms with van der Waals surface area (Å²) in [7, 11) is 0. The van der Waals surface area contributed by atoms with Crippen LogP contribution in [0.25, 0.3) is 11.0 Å². The minimum absolute atomic E-state index is 0.0108. The maximum absolute atomic E-state index is 14.6. The monoisotopic (exact) mass is 395 g/mol. The second kappa shape index (κ2) is 7.69. The van der Waals surface area contributed by atoms with Gasteiger partial charge in [-0.15, -0.1) is 0 Å². The average Bonchev–Trinajstić information content (AvgIpc) is 3.29. The van der Waals surface area contributed by atoms with E-state index in [9.17, 15) is 14.3 Å². The van der Waals surface area contributed by atoms with Gasteiger partial charge in [-0.2, -0.15) is 4.39 Å². The molecule has 0 unspecified atom stereocenters. The topological polar surface area (TPSA) is 80.9 Å². The van der Waals surface area contributed by atoms with Crippen molar-refractivity contribution in [1.82, 2.24) is 0 Å². The molecule has 2 atom stereocenters. The minimum atomic E-state index is -0.826. The number of hydrogen-bond acceptors (Lipinski definition) is 7. The van der Waals surface area contributed by atoms with E-state index in [4.69, 9.17) is 13.9 Å². The molecule has 2 N–H and O–H groups in total. The number of benzene rings is 1. The third-order valence-corrected chi connectivity index (χ3v) is 6.25. The molecule has 2 heterocycles. The molecule has 2 aromatic rings. The number of furan rings is 1. The molecular weight excluding hydrogens is 373 g/mol. The highest BCUT2D eigenvalue weighted by Crippen LogP contribution is 2.41. The van der Waals surface area contributed by atoms with Crippen molar-refractivity contribution < 1.29 is 28.2 Å². The number of ether oxygens (including phenoxy) is 2. The van der Waals surface area contributed by atoms with Crippen LogP contribution in [0.4, 0.5) is 10.1 Å². The van der Waals surface area contributed by atoms with Crippen molar-refractivity contribution in [3.05, 3.63) is 23.7 Å². The molecule has 2 aliphatic rings. The van der Waals surface area contributed by atoms with Crippen LogP contribution in [0.2, 0.25) is 0 Å². The lowest BCUT2D eigenvalue weighted by atomic mass is 9.94. The molecule has 0 spiro atoms. The van der Waals surface area contributed by atoms with Crippen LogP contribution in [0.1, 0.15) is 44.5 Å². The molecule has 1 aromatic carbocycles. The van der Waals surface area contributed by atoms with Crippen LogP contribution in [0.3, 0.4) is 0 Å². The standard InChI is InChI=1S/C19H22FNO5S/c1-10(22)27-15-5-3-2-4-13(15)21-14-9-26-18-11(14)8-12(17(23)16(18)20)19-24-6-7-25-19/h8-9,13,15,19,21,23H,2-7H2,1H3/t13-,15+/m1/s1. The zero-order valence-corrected chi connectivity index (χ0v) is 15.8. The molecule has 8 heteroatoms. The first-order valence-corrected chi connectivity index (χ1v) is 10.0. The van der Waals surface area contributed by atoms with E-state index in [1.54, 1.807) is 13.0 Å². The van der Waals surface area contributed by atoms with Gasteiger partial charge in [-0.1, -0.05) is 24.6 Å². The van der Waals surface area contributed by atoms with Crippen LogP contribution in [0, 0.1) is 5.82 Å². The highest BCUT2D eigenvalue weighted by Gasteiger charge is 2.30. The summed E-state index contributed by atoms with van der Waals surface area (Å²) >= 11 is 1.35. The summed E-state index contributed by atoms with van der Waals surface area (Å²) in [5, 5.41) is 14.4. The second-order valence-electron chi connectivity index (χ2n) is 6.91. The van der Waals surface area contributed by atoms with Gasteiger partial charge >= 0.3 is 0 Å². The second-order valence-corrected chi connectivity index (χ2v) is 8.33. The van der Waals surface area contributed by atoms with Crippen molar-refractivity contribution in [2.45, 2.75) is 50.2 Å². The van der Waals surface area contributed by atoms with Crippen LogP contribution >= 0.6 is 11.8 Å². The van der Waals surface area contributed by atoms with Crippen molar-refractivity contribution in [2.75, 3.05) is 18.5 Å². The third kappa shape index (κ3) is 3.66. The van der Waals surface area contributed by atoms with E-state index in [1.807, 2.05) is 0 Å². The number of aromatic hydroxyl groups is 1. The maximum Gasteiger partial charge on any atom is 0.208 e. The Balaban J connectivity index is 1.66. The van der Waals surface area contributed by atoms with Crippen LogP contribution < -0.4 is 5.32 Å². The molecular formula is C19H22FNO5S. The number of fused-ring (bicyclic) bond motifs is 1. The van der Waals surface area contributed by atoms with E-state index in [0.29, 0.717) is 24.3 Å². The number of rotatable bonds is 4. The number of hydrogen-bond donors (Lipinski definition) is 2. The first-order valence-electron chi connectivity index (χ1n) is 9.14. The molecule has 27 heavy (non-hydrogen) atoms. The van der Waals surface area contributed by atoms with Crippen molar-refractivity contribution in [3.8, 4) is 5.75 Å². The predicted molar refractivity (Wildman–Crippen MR) is 100 cm³/mol. The van der Waals surface area contributed by atoms with Gasteiger partial charge in [-0.05, 0) is 18.9 Å². The SMILES string of the molecule is CC(=O)S[C@H]1CCCC[C@H]1Nc1coc2c(F)c(O)c(C3OCCO3)cc12. The van der Waals surface area contributed by atoms with Crippen LogP contribution in [-0.4, -0.2) is 34.7 Å². The third-order valence-electron chi connectivity index (χ3n) is 5.05. The lowest BCUT2D eigenvalue weighted by molar-refractivity contribution is -0.109. The van der Waals surface area contributed by atoms with Gasteiger partial charge in [0.1, 0.15) is 6.26 Å². The lowest BCUT2D eigenvalue weighted by Crippen LogP contribution is -2.35. The summed E-state index contributed by atoms with van der Waals surface area (Å²) in [5.74, 6) is -1.34. The number of phenolic OH excluding ortho intramolecular Hbond substituents is 1. The molecule has 0 bridgehead atoms. The molecule has 1 aromatic heterocycles. The van der Waals surface area contributed by atoms with E-state index in [1.165, 1.54) is 18.0 Å². The summed E-state index contributed by atoms with van der Waals surface area (Å²) in [6, 6.07) is 1.73. The zero-order chi connectivity index (χ0) is 19.0. The number of carbonyl (C=O) groups excluding carboxylic acids is 1. The Hall–Kier alpha value is -1.77. The van der Waals surface area contributed by atoms with Gasteiger partial charge in [0.15, 0.2) is 22.7 Å². The lowest BCUT2D eigenvalue weighted by Gasteiger charge is -2.31. The molecule has 1 aliphatic heterocycles. The van der Waals surface area contributed by atoms with E-state index in [-0.39, 0.29) is 27.6 Å². The normalized spacial score (nSPS) is 23.8. The van der Waals surface area contributed by atoms with Gasteiger partial charge < -0.3 is 24.3 Å². The highest BCUT2D eigenvalue weighted by molar-refractivity contribution is 8.14. The Morgan fingerprint density at radius 2 is 2.04 bits per heavy atom. The van der Waals surface area contributed by atoms with E-state index in [2.05, 4.69) is 5.32 Å². The largest absolute Gasteiger partial charge is 0.504 e. The van der Waals surface area contributed by atoms with Gasteiger partial charge in [-0.3, -0.25) is 4.79 Å². The molecule has 4 rings (SSSR count). The number of halogens is 1. The zero-order valence-electron chi connectivity index (χ0n) is 15.0.